The molecule has 0 bridgehead atoms. The maximum atomic E-state index is 12.4. The molecule has 0 unspecified atom stereocenters. The van der Waals surface area contributed by atoms with E-state index in [0.29, 0.717) is 16.2 Å². The fourth-order valence-electron chi connectivity index (χ4n) is 3.34. The molecule has 0 aliphatic heterocycles. The number of anilines is 1. The lowest BCUT2D eigenvalue weighted by atomic mass is 10.1. The smallest absolute Gasteiger partial charge is 0.408 e. The maximum absolute atomic E-state index is 12.4. The van der Waals surface area contributed by atoms with Crippen LogP contribution in [-0.4, -0.2) is 15.5 Å². The van der Waals surface area contributed by atoms with Crippen LogP contribution in [0.3, 0.4) is 0 Å². The summed E-state index contributed by atoms with van der Waals surface area (Å²) in [7, 11) is 0. The zero-order chi connectivity index (χ0) is 19.1. The van der Waals surface area contributed by atoms with Crippen molar-refractivity contribution in [2.24, 2.45) is 0 Å². The Morgan fingerprint density at radius 1 is 1.07 bits per heavy atom. The molecule has 6 nitrogen and oxygen atoms in total. The van der Waals surface area contributed by atoms with E-state index in [1.807, 2.05) is 36.4 Å². The number of fused-ring (bicyclic) bond motifs is 4. The zero-order valence-electron chi connectivity index (χ0n) is 14.7. The predicted molar refractivity (Wildman–Crippen MR) is 111 cm³/mol. The van der Waals surface area contributed by atoms with Gasteiger partial charge in [-0.15, -0.1) is 0 Å². The fraction of sp³-hybridized carbons (Fsp3) is 0.0952. The molecule has 0 spiro atoms. The Kier molecular flexibility index (Phi) is 3.95. The summed E-state index contributed by atoms with van der Waals surface area (Å²) >= 11 is 1.44. The van der Waals surface area contributed by atoms with Crippen LogP contribution in [0.25, 0.3) is 32.1 Å². The number of amides is 1. The van der Waals surface area contributed by atoms with E-state index < -0.39 is 5.76 Å². The SMILES string of the molecule is O=C(CCn1c(=O)oc2ccccc21)Nc1nc2c(ccc3ccccc32)s1. The van der Waals surface area contributed by atoms with Gasteiger partial charge in [-0.25, -0.2) is 9.78 Å². The number of benzene rings is 3. The Balaban J connectivity index is 1.36. The van der Waals surface area contributed by atoms with Gasteiger partial charge in [0, 0.05) is 18.4 Å². The molecule has 0 aliphatic carbocycles. The lowest BCUT2D eigenvalue weighted by Gasteiger charge is -2.02. The predicted octanol–water partition coefficient (Wildman–Crippen LogP) is 4.39. The van der Waals surface area contributed by atoms with Gasteiger partial charge in [-0.2, -0.15) is 0 Å². The Morgan fingerprint density at radius 2 is 1.89 bits per heavy atom. The molecule has 2 aromatic heterocycles. The van der Waals surface area contributed by atoms with Gasteiger partial charge in [-0.1, -0.05) is 53.8 Å². The molecule has 0 saturated carbocycles. The van der Waals surface area contributed by atoms with Gasteiger partial charge in [0.05, 0.1) is 15.7 Å². The molecule has 5 rings (SSSR count). The van der Waals surface area contributed by atoms with Crippen molar-refractivity contribution in [1.29, 1.82) is 0 Å². The fourth-order valence-corrected chi connectivity index (χ4v) is 4.23. The van der Waals surface area contributed by atoms with Crippen molar-refractivity contribution in [1.82, 2.24) is 9.55 Å². The second-order valence-corrected chi connectivity index (χ2v) is 7.47. The summed E-state index contributed by atoms with van der Waals surface area (Å²) < 4.78 is 7.69. The van der Waals surface area contributed by atoms with Crippen molar-refractivity contribution >= 4 is 54.5 Å². The number of oxazole rings is 1. The molecule has 0 aliphatic rings. The molecule has 1 N–H and O–H groups in total. The molecule has 0 saturated heterocycles. The number of thiazole rings is 1. The topological polar surface area (TPSA) is 77.1 Å². The minimum atomic E-state index is -0.458. The third-order valence-corrected chi connectivity index (χ3v) is 5.60. The van der Waals surface area contributed by atoms with Crippen LogP contribution >= 0.6 is 11.3 Å². The van der Waals surface area contributed by atoms with Gasteiger partial charge < -0.3 is 9.73 Å². The third kappa shape index (κ3) is 2.86. The summed E-state index contributed by atoms with van der Waals surface area (Å²) in [6.45, 7) is 0.246. The van der Waals surface area contributed by atoms with Gasteiger partial charge in [0.15, 0.2) is 10.7 Å². The Hall–Kier alpha value is -3.45. The number of nitrogens with zero attached hydrogens (tertiary/aromatic N) is 2. The average Bonchev–Trinajstić information content (AvgIpc) is 3.26. The van der Waals surface area contributed by atoms with Crippen LogP contribution in [0.2, 0.25) is 0 Å². The van der Waals surface area contributed by atoms with E-state index in [1.165, 1.54) is 15.9 Å². The van der Waals surface area contributed by atoms with Crippen molar-refractivity contribution in [2.45, 2.75) is 13.0 Å². The van der Waals surface area contributed by atoms with E-state index in [4.69, 9.17) is 4.42 Å². The van der Waals surface area contributed by atoms with E-state index in [0.717, 1.165) is 21.0 Å². The molecule has 28 heavy (non-hydrogen) atoms. The van der Waals surface area contributed by atoms with Crippen molar-refractivity contribution in [2.75, 3.05) is 5.32 Å². The monoisotopic (exact) mass is 389 g/mol. The van der Waals surface area contributed by atoms with Crippen LogP contribution in [0, 0.1) is 0 Å². The second kappa shape index (κ2) is 6.61. The maximum Gasteiger partial charge on any atom is 0.419 e. The largest absolute Gasteiger partial charge is 0.419 e. The third-order valence-electron chi connectivity index (χ3n) is 4.67. The molecule has 1 amide bonds. The van der Waals surface area contributed by atoms with E-state index in [-0.39, 0.29) is 18.9 Å². The lowest BCUT2D eigenvalue weighted by molar-refractivity contribution is -0.116. The van der Waals surface area contributed by atoms with Crippen LogP contribution in [0.4, 0.5) is 5.13 Å². The van der Waals surface area contributed by atoms with Crippen molar-refractivity contribution in [3.8, 4) is 0 Å². The summed E-state index contributed by atoms with van der Waals surface area (Å²) in [6, 6.07) is 19.3. The number of carbonyl (C=O) groups is 1. The van der Waals surface area contributed by atoms with Crippen LogP contribution in [0.1, 0.15) is 6.42 Å². The molecule has 2 heterocycles. The number of aryl methyl sites for hydroxylation is 1. The number of hydrogen-bond acceptors (Lipinski definition) is 5. The van der Waals surface area contributed by atoms with E-state index >= 15 is 0 Å². The van der Waals surface area contributed by atoms with Crippen molar-refractivity contribution in [3.63, 3.8) is 0 Å². The first-order chi connectivity index (χ1) is 13.7. The van der Waals surface area contributed by atoms with Gasteiger partial charge in [-0.3, -0.25) is 9.36 Å². The standard InChI is InChI=1S/C21H15N3O3S/c25-18(11-12-24-15-7-3-4-8-16(15)27-21(24)26)22-20-23-19-14-6-2-1-5-13(14)9-10-17(19)28-20/h1-10H,11-12H2,(H,22,23,25). The minimum absolute atomic E-state index is 0.153. The first-order valence-corrected chi connectivity index (χ1v) is 9.67. The van der Waals surface area contributed by atoms with Crippen LogP contribution in [0.5, 0.6) is 0 Å². The van der Waals surface area contributed by atoms with Gasteiger partial charge in [0.25, 0.3) is 0 Å². The zero-order valence-corrected chi connectivity index (χ0v) is 15.5. The number of nitrogens with one attached hydrogen (secondary N) is 1. The highest BCUT2D eigenvalue weighted by Gasteiger charge is 2.13. The molecular formula is C21H15N3O3S. The van der Waals surface area contributed by atoms with Crippen LogP contribution in [-0.2, 0) is 11.3 Å². The molecule has 7 heteroatoms. The highest BCUT2D eigenvalue weighted by atomic mass is 32.1. The van der Waals surface area contributed by atoms with E-state index in [2.05, 4.69) is 16.4 Å². The summed E-state index contributed by atoms with van der Waals surface area (Å²) in [5, 5.41) is 5.58. The summed E-state index contributed by atoms with van der Waals surface area (Å²) in [5.74, 6) is -0.652. The first kappa shape index (κ1) is 16.7. The van der Waals surface area contributed by atoms with Crippen molar-refractivity contribution < 1.29 is 9.21 Å². The van der Waals surface area contributed by atoms with Gasteiger partial charge in [0.2, 0.25) is 5.91 Å². The Bertz CT molecular complexity index is 1400. The van der Waals surface area contributed by atoms with Crippen LogP contribution in [0.15, 0.2) is 69.9 Å². The normalized spacial score (nSPS) is 11.4. The van der Waals surface area contributed by atoms with Crippen molar-refractivity contribution in [3.05, 3.63) is 71.2 Å². The molecular weight excluding hydrogens is 374 g/mol. The number of aromatic nitrogens is 2. The van der Waals surface area contributed by atoms with Gasteiger partial charge in [0.1, 0.15) is 0 Å². The molecule has 0 atom stereocenters. The molecule has 0 fully saturated rings. The van der Waals surface area contributed by atoms with Gasteiger partial charge >= 0.3 is 5.76 Å². The highest BCUT2D eigenvalue weighted by Crippen LogP contribution is 2.31. The van der Waals surface area contributed by atoms with E-state index in [9.17, 15) is 9.59 Å². The molecule has 5 aromatic rings. The minimum Gasteiger partial charge on any atom is -0.408 e. The average molecular weight is 389 g/mol. The summed E-state index contributed by atoms with van der Waals surface area (Å²) in [6.07, 6.45) is 0.153. The van der Waals surface area contributed by atoms with Gasteiger partial charge in [-0.05, 0) is 23.6 Å². The Labute approximate surface area is 163 Å². The highest BCUT2D eigenvalue weighted by molar-refractivity contribution is 7.22. The number of hydrogen-bond donors (Lipinski definition) is 1. The quantitative estimate of drug-likeness (QED) is 0.495. The second-order valence-electron chi connectivity index (χ2n) is 6.44. The molecule has 138 valence electrons. The molecule has 0 radical (unpaired) electrons. The number of para-hydroxylation sites is 2. The Morgan fingerprint density at radius 3 is 2.82 bits per heavy atom. The lowest BCUT2D eigenvalue weighted by Crippen LogP contribution is -2.19. The van der Waals surface area contributed by atoms with Crippen LogP contribution < -0.4 is 11.1 Å². The number of carbonyl (C=O) groups excluding carboxylic acids is 1. The number of rotatable bonds is 4. The summed E-state index contributed by atoms with van der Waals surface area (Å²) in [5.41, 5.74) is 2.09. The summed E-state index contributed by atoms with van der Waals surface area (Å²) in [4.78, 5) is 29.0. The molecule has 3 aromatic carbocycles. The first-order valence-electron chi connectivity index (χ1n) is 8.85. The van der Waals surface area contributed by atoms with E-state index in [1.54, 1.807) is 18.2 Å².